The number of hydrogen-bond donors (Lipinski definition) is 1. The molecule has 0 atom stereocenters. The molecule has 2 aliphatic rings. The summed E-state index contributed by atoms with van der Waals surface area (Å²) in [4.78, 5) is 3.65. The zero-order valence-corrected chi connectivity index (χ0v) is 11.8. The van der Waals surface area contributed by atoms with E-state index < -0.39 is 0 Å². The summed E-state index contributed by atoms with van der Waals surface area (Å²) in [7, 11) is 0. The average molecular weight is 253 g/mol. The van der Waals surface area contributed by atoms with E-state index >= 15 is 0 Å². The van der Waals surface area contributed by atoms with Crippen molar-refractivity contribution in [1.29, 1.82) is 0 Å². The number of H-pyrrole nitrogens is 1. The molecular formula is C18H23N. The monoisotopic (exact) mass is 253 g/mol. The van der Waals surface area contributed by atoms with Crippen LogP contribution in [0.25, 0.3) is 10.9 Å². The summed E-state index contributed by atoms with van der Waals surface area (Å²) in [6, 6.07) is 8.85. The maximum absolute atomic E-state index is 3.65. The van der Waals surface area contributed by atoms with E-state index in [1.807, 2.05) is 0 Å². The van der Waals surface area contributed by atoms with Gasteiger partial charge in [0.2, 0.25) is 0 Å². The van der Waals surface area contributed by atoms with Crippen molar-refractivity contribution in [1.82, 2.24) is 4.98 Å². The molecule has 100 valence electrons. The summed E-state index contributed by atoms with van der Waals surface area (Å²) in [5.74, 6) is 0.954. The highest BCUT2D eigenvalue weighted by Gasteiger charge is 2.38. The first-order valence-corrected chi connectivity index (χ1v) is 7.84. The summed E-state index contributed by atoms with van der Waals surface area (Å²) < 4.78 is 0. The summed E-state index contributed by atoms with van der Waals surface area (Å²) in [6.07, 6.45) is 9.77. The van der Waals surface area contributed by atoms with E-state index in [1.54, 1.807) is 5.56 Å². The van der Waals surface area contributed by atoms with Crippen molar-refractivity contribution in [2.24, 2.45) is 11.3 Å². The molecule has 0 radical (unpaired) electrons. The van der Waals surface area contributed by atoms with Crippen LogP contribution in [0.15, 0.2) is 24.3 Å². The van der Waals surface area contributed by atoms with Crippen molar-refractivity contribution in [2.75, 3.05) is 0 Å². The minimum absolute atomic E-state index is 0.629. The van der Waals surface area contributed by atoms with E-state index in [-0.39, 0.29) is 0 Å². The lowest BCUT2D eigenvalue weighted by atomic mass is 9.63. The van der Waals surface area contributed by atoms with Gasteiger partial charge in [0.15, 0.2) is 0 Å². The molecule has 0 unspecified atom stereocenters. The van der Waals surface area contributed by atoms with Gasteiger partial charge in [-0.1, -0.05) is 38.0 Å². The lowest BCUT2D eigenvalue weighted by molar-refractivity contribution is 0.134. The third-order valence-corrected chi connectivity index (χ3v) is 5.69. The topological polar surface area (TPSA) is 15.8 Å². The van der Waals surface area contributed by atoms with Crippen LogP contribution >= 0.6 is 0 Å². The van der Waals surface area contributed by atoms with Gasteiger partial charge in [0.1, 0.15) is 0 Å². The SMILES string of the molecule is CC1CCC2(CCc3[nH]c4ccccc4c3C2)CC1. The third kappa shape index (κ3) is 1.82. The summed E-state index contributed by atoms with van der Waals surface area (Å²) >= 11 is 0. The second kappa shape index (κ2) is 4.13. The highest BCUT2D eigenvalue weighted by atomic mass is 14.7. The molecule has 1 N–H and O–H groups in total. The second-order valence-corrected chi connectivity index (χ2v) is 6.99. The Balaban J connectivity index is 1.73. The van der Waals surface area contributed by atoms with Crippen molar-refractivity contribution in [3.05, 3.63) is 35.5 Å². The Hall–Kier alpha value is -1.24. The molecule has 1 aromatic heterocycles. The third-order valence-electron chi connectivity index (χ3n) is 5.69. The molecule has 1 heterocycles. The van der Waals surface area contributed by atoms with E-state index in [4.69, 9.17) is 0 Å². The molecule has 4 rings (SSSR count). The number of rotatable bonds is 0. The molecular weight excluding hydrogens is 230 g/mol. The van der Waals surface area contributed by atoms with Crippen molar-refractivity contribution in [3.63, 3.8) is 0 Å². The Morgan fingerprint density at radius 2 is 1.89 bits per heavy atom. The van der Waals surface area contributed by atoms with E-state index in [0.717, 1.165) is 5.92 Å². The molecule has 1 fully saturated rings. The Labute approximate surface area is 115 Å². The average Bonchev–Trinajstić information content (AvgIpc) is 2.80. The number of nitrogens with one attached hydrogen (secondary N) is 1. The van der Waals surface area contributed by atoms with Gasteiger partial charge in [-0.15, -0.1) is 0 Å². The fourth-order valence-electron chi connectivity index (χ4n) is 4.33. The van der Waals surface area contributed by atoms with Gasteiger partial charge in [-0.3, -0.25) is 0 Å². The number of aromatic nitrogens is 1. The van der Waals surface area contributed by atoms with Crippen LogP contribution in [-0.4, -0.2) is 4.98 Å². The van der Waals surface area contributed by atoms with E-state index in [9.17, 15) is 0 Å². The molecule has 1 spiro atoms. The minimum Gasteiger partial charge on any atom is -0.358 e. The molecule has 0 amide bonds. The Bertz CT molecular complexity index is 599. The van der Waals surface area contributed by atoms with Crippen LogP contribution in [0, 0.1) is 11.3 Å². The van der Waals surface area contributed by atoms with Gasteiger partial charge in [-0.25, -0.2) is 0 Å². The lowest BCUT2D eigenvalue weighted by Gasteiger charge is -2.42. The first kappa shape index (κ1) is 11.6. The van der Waals surface area contributed by atoms with Crippen molar-refractivity contribution >= 4 is 10.9 Å². The molecule has 0 saturated heterocycles. The molecule has 1 nitrogen and oxygen atoms in total. The van der Waals surface area contributed by atoms with Crippen LogP contribution in [0.4, 0.5) is 0 Å². The van der Waals surface area contributed by atoms with Crippen LogP contribution in [0.1, 0.15) is 50.3 Å². The number of para-hydroxylation sites is 1. The van der Waals surface area contributed by atoms with Gasteiger partial charge in [0.05, 0.1) is 0 Å². The first-order valence-electron chi connectivity index (χ1n) is 7.84. The molecule has 1 saturated carbocycles. The van der Waals surface area contributed by atoms with Crippen LogP contribution in [0.2, 0.25) is 0 Å². The highest BCUT2D eigenvalue weighted by molar-refractivity contribution is 5.85. The number of aryl methyl sites for hydroxylation is 1. The standard InChI is InChI=1S/C18H23N/c1-13-6-9-18(10-7-13)11-8-17-15(12-18)14-4-2-3-5-16(14)19-17/h2-5,13,19H,6-12H2,1H3. The molecule has 2 aromatic rings. The largest absolute Gasteiger partial charge is 0.358 e. The zero-order chi connectivity index (χ0) is 12.9. The molecule has 1 heteroatoms. The number of aromatic amines is 1. The van der Waals surface area contributed by atoms with E-state index in [2.05, 4.69) is 36.2 Å². The normalized spacial score (nSPS) is 30.7. The quantitative estimate of drug-likeness (QED) is 0.690. The summed E-state index contributed by atoms with van der Waals surface area (Å²) in [6.45, 7) is 2.42. The zero-order valence-electron chi connectivity index (χ0n) is 11.8. The Morgan fingerprint density at radius 3 is 2.74 bits per heavy atom. The van der Waals surface area contributed by atoms with E-state index in [0.29, 0.717) is 5.41 Å². The summed E-state index contributed by atoms with van der Waals surface area (Å²) in [5, 5.41) is 1.48. The van der Waals surface area contributed by atoms with Gasteiger partial charge in [-0.05, 0) is 55.1 Å². The smallest absolute Gasteiger partial charge is 0.0458 e. The minimum atomic E-state index is 0.629. The van der Waals surface area contributed by atoms with Crippen molar-refractivity contribution in [2.45, 2.75) is 51.9 Å². The number of fused-ring (bicyclic) bond motifs is 3. The number of benzene rings is 1. The van der Waals surface area contributed by atoms with Gasteiger partial charge < -0.3 is 4.98 Å². The first-order chi connectivity index (χ1) is 9.26. The fourth-order valence-corrected chi connectivity index (χ4v) is 4.33. The van der Waals surface area contributed by atoms with Gasteiger partial charge in [0.25, 0.3) is 0 Å². The second-order valence-electron chi connectivity index (χ2n) is 6.99. The number of hydrogen-bond acceptors (Lipinski definition) is 0. The van der Waals surface area contributed by atoms with Crippen LogP contribution in [0.5, 0.6) is 0 Å². The predicted octanol–water partition coefficient (Wildman–Crippen LogP) is 4.85. The Kier molecular flexibility index (Phi) is 2.51. The Morgan fingerprint density at radius 1 is 1.11 bits per heavy atom. The van der Waals surface area contributed by atoms with Crippen molar-refractivity contribution < 1.29 is 0 Å². The molecule has 2 aliphatic carbocycles. The van der Waals surface area contributed by atoms with Gasteiger partial charge >= 0.3 is 0 Å². The fraction of sp³-hybridized carbons (Fsp3) is 0.556. The lowest BCUT2D eigenvalue weighted by Crippen LogP contribution is -2.32. The van der Waals surface area contributed by atoms with E-state index in [1.165, 1.54) is 61.5 Å². The highest BCUT2D eigenvalue weighted by Crippen LogP contribution is 2.48. The maximum Gasteiger partial charge on any atom is 0.0458 e. The van der Waals surface area contributed by atoms with Crippen LogP contribution < -0.4 is 0 Å². The summed E-state index contributed by atoms with van der Waals surface area (Å²) in [5.41, 5.74) is 5.13. The maximum atomic E-state index is 3.65. The molecule has 0 bridgehead atoms. The molecule has 19 heavy (non-hydrogen) atoms. The van der Waals surface area contributed by atoms with Crippen LogP contribution in [0.3, 0.4) is 0 Å². The van der Waals surface area contributed by atoms with Crippen molar-refractivity contribution in [3.8, 4) is 0 Å². The van der Waals surface area contributed by atoms with Gasteiger partial charge in [0, 0.05) is 16.6 Å². The van der Waals surface area contributed by atoms with Crippen LogP contribution in [-0.2, 0) is 12.8 Å². The molecule has 0 aliphatic heterocycles. The molecule has 1 aromatic carbocycles. The van der Waals surface area contributed by atoms with Gasteiger partial charge in [-0.2, -0.15) is 0 Å². The predicted molar refractivity (Wildman–Crippen MR) is 80.4 cm³/mol.